The summed E-state index contributed by atoms with van der Waals surface area (Å²) in [7, 11) is 0. The fourth-order valence-electron chi connectivity index (χ4n) is 2.98. The Balaban J connectivity index is 1.32. The van der Waals surface area contributed by atoms with Gasteiger partial charge >= 0.3 is 0 Å². The third-order valence-corrected chi connectivity index (χ3v) is 5.44. The van der Waals surface area contributed by atoms with Gasteiger partial charge in [-0.3, -0.25) is 4.79 Å². The number of nitrogens with zero attached hydrogens (tertiary/aromatic N) is 1. The first-order valence-corrected chi connectivity index (χ1v) is 10.7. The second-order valence-electron chi connectivity index (χ2n) is 6.81. The highest BCUT2D eigenvalue weighted by molar-refractivity contribution is 7.98. The van der Waals surface area contributed by atoms with Crippen molar-refractivity contribution >= 4 is 28.8 Å². The number of hydrogen-bond acceptors (Lipinski definition) is 5. The molecule has 0 spiro atoms. The Kier molecular flexibility index (Phi) is 6.35. The minimum Gasteiger partial charge on any atom is -0.492 e. The minimum absolute atomic E-state index is 0.115. The van der Waals surface area contributed by atoms with Gasteiger partial charge in [0.1, 0.15) is 17.9 Å². The molecule has 0 radical (unpaired) electrons. The molecule has 30 heavy (non-hydrogen) atoms. The second kappa shape index (κ2) is 9.50. The highest BCUT2D eigenvalue weighted by Crippen LogP contribution is 2.27. The van der Waals surface area contributed by atoms with E-state index in [1.165, 1.54) is 17.3 Å². The van der Waals surface area contributed by atoms with Crippen LogP contribution in [-0.2, 0) is 5.75 Å². The normalized spacial score (nSPS) is 10.8. The summed E-state index contributed by atoms with van der Waals surface area (Å²) in [5.74, 6) is 1.28. The van der Waals surface area contributed by atoms with E-state index < -0.39 is 0 Å². The van der Waals surface area contributed by atoms with E-state index in [-0.39, 0.29) is 5.91 Å². The summed E-state index contributed by atoms with van der Waals surface area (Å²) in [6.07, 6.45) is 0. The smallest absolute Gasteiger partial charge is 0.257 e. The molecule has 3 aromatic carbocycles. The third-order valence-electron chi connectivity index (χ3n) is 4.56. The Hall–Kier alpha value is -3.25. The molecule has 5 nitrogen and oxygen atoms in total. The van der Waals surface area contributed by atoms with E-state index in [0.29, 0.717) is 29.7 Å². The van der Waals surface area contributed by atoms with Crippen LogP contribution in [0.1, 0.15) is 21.5 Å². The van der Waals surface area contributed by atoms with Gasteiger partial charge in [-0.1, -0.05) is 59.8 Å². The highest BCUT2D eigenvalue weighted by atomic mass is 32.2. The number of fused-ring (bicyclic) bond motifs is 1. The van der Waals surface area contributed by atoms with Crippen LogP contribution >= 0.6 is 11.8 Å². The number of nitrogens with one attached hydrogen (secondary N) is 1. The Morgan fingerprint density at radius 3 is 2.63 bits per heavy atom. The molecular formula is C24H22N2O3S. The number of ether oxygens (including phenoxy) is 1. The third kappa shape index (κ3) is 5.02. The number of aryl methyl sites for hydroxylation is 1. The molecule has 0 fully saturated rings. The predicted molar refractivity (Wildman–Crippen MR) is 119 cm³/mol. The fourth-order valence-corrected chi connectivity index (χ4v) is 3.83. The van der Waals surface area contributed by atoms with E-state index in [0.717, 1.165) is 22.4 Å². The summed E-state index contributed by atoms with van der Waals surface area (Å²) in [5.41, 5.74) is 4.36. The quantitative estimate of drug-likeness (QED) is 0.313. The van der Waals surface area contributed by atoms with Crippen LogP contribution in [0.25, 0.3) is 11.1 Å². The lowest BCUT2D eigenvalue weighted by molar-refractivity contribution is 0.0946. The van der Waals surface area contributed by atoms with Crippen LogP contribution in [0.15, 0.2) is 82.4 Å². The molecule has 1 heterocycles. The highest BCUT2D eigenvalue weighted by Gasteiger charge is 2.13. The SMILES string of the molecule is Cc1ccc(OCCNC(=O)c2ccccc2CSc2nc3ccccc3o2)cc1. The van der Waals surface area contributed by atoms with Crippen molar-refractivity contribution in [3.05, 3.63) is 89.5 Å². The van der Waals surface area contributed by atoms with Crippen LogP contribution in [0, 0.1) is 6.92 Å². The molecule has 152 valence electrons. The van der Waals surface area contributed by atoms with Crippen molar-refractivity contribution in [2.24, 2.45) is 0 Å². The van der Waals surface area contributed by atoms with E-state index in [1.54, 1.807) is 0 Å². The van der Waals surface area contributed by atoms with E-state index in [1.807, 2.05) is 79.7 Å². The van der Waals surface area contributed by atoms with Crippen molar-refractivity contribution in [3.8, 4) is 5.75 Å². The zero-order valence-corrected chi connectivity index (χ0v) is 17.4. The number of amides is 1. The van der Waals surface area contributed by atoms with Crippen molar-refractivity contribution in [1.29, 1.82) is 0 Å². The maximum atomic E-state index is 12.7. The average Bonchev–Trinajstić information content (AvgIpc) is 3.19. The first-order valence-electron chi connectivity index (χ1n) is 9.73. The van der Waals surface area contributed by atoms with Crippen molar-refractivity contribution < 1.29 is 13.9 Å². The van der Waals surface area contributed by atoms with Crippen LogP contribution in [0.2, 0.25) is 0 Å². The van der Waals surface area contributed by atoms with Gasteiger partial charge in [0, 0.05) is 11.3 Å². The zero-order valence-electron chi connectivity index (χ0n) is 16.6. The van der Waals surface area contributed by atoms with Gasteiger partial charge in [0.15, 0.2) is 5.58 Å². The number of aromatic nitrogens is 1. The van der Waals surface area contributed by atoms with Gasteiger partial charge < -0.3 is 14.5 Å². The molecule has 1 aromatic heterocycles. The van der Waals surface area contributed by atoms with Gasteiger partial charge in [0.25, 0.3) is 11.1 Å². The topological polar surface area (TPSA) is 64.4 Å². The molecule has 0 aliphatic rings. The van der Waals surface area contributed by atoms with E-state index in [2.05, 4.69) is 10.3 Å². The zero-order chi connectivity index (χ0) is 20.8. The van der Waals surface area contributed by atoms with Crippen molar-refractivity contribution in [3.63, 3.8) is 0 Å². The first kappa shape index (κ1) is 20.0. The molecule has 0 saturated heterocycles. The number of para-hydroxylation sites is 2. The van der Waals surface area contributed by atoms with Crippen LogP contribution < -0.4 is 10.1 Å². The molecule has 0 aliphatic carbocycles. The van der Waals surface area contributed by atoms with Crippen LogP contribution in [0.5, 0.6) is 5.75 Å². The molecule has 6 heteroatoms. The summed E-state index contributed by atoms with van der Waals surface area (Å²) >= 11 is 1.48. The number of carbonyl (C=O) groups excluding carboxylic acids is 1. The van der Waals surface area contributed by atoms with Crippen LogP contribution in [0.4, 0.5) is 0 Å². The maximum Gasteiger partial charge on any atom is 0.257 e. The van der Waals surface area contributed by atoms with Gasteiger partial charge in [0.2, 0.25) is 0 Å². The maximum absolute atomic E-state index is 12.7. The number of rotatable bonds is 8. The molecule has 4 aromatic rings. The van der Waals surface area contributed by atoms with Gasteiger partial charge in [-0.25, -0.2) is 4.98 Å². The molecule has 0 bridgehead atoms. The Morgan fingerprint density at radius 1 is 1.03 bits per heavy atom. The fraction of sp³-hybridized carbons (Fsp3) is 0.167. The number of benzene rings is 3. The lowest BCUT2D eigenvalue weighted by atomic mass is 10.1. The molecule has 4 rings (SSSR count). The number of oxazole rings is 1. The van der Waals surface area contributed by atoms with Crippen LogP contribution in [-0.4, -0.2) is 24.0 Å². The lowest BCUT2D eigenvalue weighted by Crippen LogP contribution is -2.28. The second-order valence-corrected chi connectivity index (χ2v) is 7.74. The number of hydrogen-bond donors (Lipinski definition) is 1. The number of carbonyl (C=O) groups is 1. The lowest BCUT2D eigenvalue weighted by Gasteiger charge is -2.10. The summed E-state index contributed by atoms with van der Waals surface area (Å²) in [4.78, 5) is 17.1. The number of thioether (sulfide) groups is 1. The molecular weight excluding hydrogens is 396 g/mol. The predicted octanol–water partition coefficient (Wildman–Crippen LogP) is 5.24. The van der Waals surface area contributed by atoms with Crippen molar-refractivity contribution in [2.75, 3.05) is 13.2 Å². The van der Waals surface area contributed by atoms with E-state index in [9.17, 15) is 4.79 Å². The molecule has 1 N–H and O–H groups in total. The van der Waals surface area contributed by atoms with Gasteiger partial charge in [-0.2, -0.15) is 0 Å². The van der Waals surface area contributed by atoms with Crippen molar-refractivity contribution in [1.82, 2.24) is 10.3 Å². The summed E-state index contributed by atoms with van der Waals surface area (Å²) in [6, 6.07) is 23.1. The van der Waals surface area contributed by atoms with E-state index in [4.69, 9.17) is 9.15 Å². The van der Waals surface area contributed by atoms with Gasteiger partial charge in [-0.15, -0.1) is 0 Å². The summed E-state index contributed by atoms with van der Waals surface area (Å²) < 4.78 is 11.4. The average molecular weight is 419 g/mol. The largest absolute Gasteiger partial charge is 0.492 e. The Labute approximate surface area is 179 Å². The molecule has 0 aliphatic heterocycles. The molecule has 0 unspecified atom stereocenters. The summed E-state index contributed by atoms with van der Waals surface area (Å²) in [5, 5.41) is 3.52. The monoisotopic (exact) mass is 418 g/mol. The molecule has 0 atom stereocenters. The van der Waals surface area contributed by atoms with Crippen molar-refractivity contribution in [2.45, 2.75) is 17.9 Å². The molecule has 1 amide bonds. The first-order chi connectivity index (χ1) is 14.7. The Bertz CT molecular complexity index is 1110. The minimum atomic E-state index is -0.115. The van der Waals surface area contributed by atoms with Gasteiger partial charge in [0.05, 0.1) is 6.54 Å². The van der Waals surface area contributed by atoms with E-state index >= 15 is 0 Å². The standard InChI is InChI=1S/C24H22N2O3S/c1-17-10-12-19(13-11-17)28-15-14-25-23(27)20-7-3-2-6-18(20)16-30-24-26-21-8-4-5-9-22(21)29-24/h2-13H,14-16H2,1H3,(H,25,27). The van der Waals surface area contributed by atoms with Gasteiger partial charge in [-0.05, 0) is 42.8 Å². The summed E-state index contributed by atoms with van der Waals surface area (Å²) in [6.45, 7) is 2.87. The molecule has 0 saturated carbocycles. The Morgan fingerprint density at radius 2 is 1.80 bits per heavy atom. The van der Waals surface area contributed by atoms with Crippen LogP contribution in [0.3, 0.4) is 0 Å².